The van der Waals surface area contributed by atoms with Crippen LogP contribution in [0.1, 0.15) is 97.8 Å². The van der Waals surface area contributed by atoms with Crippen LogP contribution in [0.2, 0.25) is 0 Å². The van der Waals surface area contributed by atoms with Gasteiger partial charge in [-0.25, -0.2) is 14.4 Å². The number of hydrogen-bond donors (Lipinski definition) is 4. The monoisotopic (exact) mass is 779 g/mol. The number of esters is 1. The van der Waals surface area contributed by atoms with Gasteiger partial charge in [0.15, 0.2) is 0 Å². The highest BCUT2D eigenvalue weighted by Gasteiger charge is 2.40. The van der Waals surface area contributed by atoms with Crippen LogP contribution in [0.15, 0.2) is 54.6 Å². The Morgan fingerprint density at radius 1 is 0.750 bits per heavy atom. The van der Waals surface area contributed by atoms with Crippen LogP contribution in [0, 0.1) is 5.92 Å². The molecule has 0 unspecified atom stereocenters. The smallest absolute Gasteiger partial charge is 0.408 e. The molecule has 1 aliphatic heterocycles. The molecule has 1 heterocycles. The molecule has 2 aromatic carbocycles. The maximum absolute atomic E-state index is 14.5. The molecule has 0 bridgehead atoms. The summed E-state index contributed by atoms with van der Waals surface area (Å²) in [5, 5.41) is 11.1. The number of fused-ring (bicyclic) bond motifs is 1. The van der Waals surface area contributed by atoms with Crippen molar-refractivity contribution >= 4 is 35.9 Å². The summed E-state index contributed by atoms with van der Waals surface area (Å²) in [5.41, 5.74) is 1.10. The lowest BCUT2D eigenvalue weighted by Crippen LogP contribution is -2.61. The summed E-state index contributed by atoms with van der Waals surface area (Å²) >= 11 is 0. The topological polar surface area (TPSA) is 181 Å². The molecular weight excluding hydrogens is 718 g/mol. The Hall–Kier alpha value is -5.14. The number of methoxy groups -OCH3 is 1. The second-order valence-electron chi connectivity index (χ2n) is 16.5. The van der Waals surface area contributed by atoms with Crippen LogP contribution in [0.5, 0.6) is 0 Å². The van der Waals surface area contributed by atoms with E-state index in [2.05, 4.69) is 21.3 Å². The molecule has 0 saturated carbocycles. The first kappa shape index (κ1) is 45.3. The zero-order chi connectivity index (χ0) is 41.6. The Labute approximate surface area is 331 Å². The van der Waals surface area contributed by atoms with Crippen molar-refractivity contribution in [3.05, 3.63) is 71.3 Å². The minimum atomic E-state index is -1.07. The third kappa shape index (κ3) is 15.2. The van der Waals surface area contributed by atoms with Crippen LogP contribution in [-0.4, -0.2) is 89.8 Å². The van der Waals surface area contributed by atoms with Crippen LogP contribution < -0.4 is 21.3 Å². The van der Waals surface area contributed by atoms with E-state index in [0.717, 1.165) is 16.7 Å². The first-order chi connectivity index (χ1) is 26.3. The normalized spacial score (nSPS) is 15.7. The molecule has 0 saturated heterocycles. The van der Waals surface area contributed by atoms with E-state index in [1.165, 1.54) is 12.0 Å². The van der Waals surface area contributed by atoms with Gasteiger partial charge in [0.1, 0.15) is 35.4 Å². The molecule has 56 heavy (non-hydrogen) atoms. The Kier molecular flexibility index (Phi) is 16.7. The Balaban J connectivity index is 1.82. The quantitative estimate of drug-likeness (QED) is 0.104. The van der Waals surface area contributed by atoms with Gasteiger partial charge in [0, 0.05) is 25.9 Å². The molecule has 0 radical (unpaired) electrons. The first-order valence-corrected chi connectivity index (χ1v) is 19.3. The lowest BCUT2D eigenvalue weighted by molar-refractivity contribution is -0.146. The van der Waals surface area contributed by atoms with Crippen molar-refractivity contribution in [3.63, 3.8) is 0 Å². The van der Waals surface area contributed by atoms with E-state index >= 15 is 0 Å². The van der Waals surface area contributed by atoms with E-state index in [9.17, 15) is 28.8 Å². The molecular formula is C42H61N5O9. The van der Waals surface area contributed by atoms with Crippen molar-refractivity contribution in [2.75, 3.05) is 13.7 Å². The lowest BCUT2D eigenvalue weighted by atomic mass is 9.91. The van der Waals surface area contributed by atoms with Crippen molar-refractivity contribution in [1.82, 2.24) is 26.2 Å². The van der Waals surface area contributed by atoms with Crippen LogP contribution in [0.3, 0.4) is 0 Å². The number of nitrogens with one attached hydrogen (secondary N) is 4. The largest absolute Gasteiger partial charge is 0.467 e. The number of ether oxygens (including phenoxy) is 3. The predicted octanol–water partition coefficient (Wildman–Crippen LogP) is 4.96. The molecule has 308 valence electrons. The van der Waals surface area contributed by atoms with E-state index < -0.39 is 71.2 Å². The van der Waals surface area contributed by atoms with Gasteiger partial charge in [-0.05, 0) is 89.8 Å². The number of carbonyl (C=O) groups is 6. The summed E-state index contributed by atoms with van der Waals surface area (Å²) in [6.45, 7) is 14.7. The second-order valence-corrected chi connectivity index (χ2v) is 16.5. The fourth-order valence-electron chi connectivity index (χ4n) is 6.30. The van der Waals surface area contributed by atoms with E-state index in [1.54, 1.807) is 41.5 Å². The van der Waals surface area contributed by atoms with Gasteiger partial charge >= 0.3 is 18.2 Å². The number of nitrogens with zero attached hydrogens (tertiary/aromatic N) is 1. The number of unbranched alkanes of at least 4 members (excludes halogenated alkanes) is 1. The van der Waals surface area contributed by atoms with Crippen LogP contribution >= 0.6 is 0 Å². The number of hydrogen-bond acceptors (Lipinski definition) is 9. The Bertz CT molecular complexity index is 1650. The first-order valence-electron chi connectivity index (χ1n) is 19.3. The lowest BCUT2D eigenvalue weighted by Gasteiger charge is -2.39. The molecule has 2 aromatic rings. The van der Waals surface area contributed by atoms with Crippen LogP contribution in [-0.2, 0) is 52.8 Å². The van der Waals surface area contributed by atoms with Crippen molar-refractivity contribution in [2.24, 2.45) is 5.92 Å². The van der Waals surface area contributed by atoms with Gasteiger partial charge in [-0.3, -0.25) is 14.4 Å². The van der Waals surface area contributed by atoms with Gasteiger partial charge < -0.3 is 40.4 Å². The number of amides is 5. The van der Waals surface area contributed by atoms with Crippen molar-refractivity contribution in [1.29, 1.82) is 0 Å². The number of carbonyl (C=O) groups excluding carboxylic acids is 6. The average molecular weight is 780 g/mol. The molecule has 4 N–H and O–H groups in total. The summed E-state index contributed by atoms with van der Waals surface area (Å²) in [5.74, 6) is -2.27. The SMILES string of the molecule is COC(=O)[C@@H](CCCCNC(=O)OC(C)(C)C)NC(=O)[C@H](CC(C)C)NC(=O)[C@@H]1Cc2ccccc2CN1C(=O)[C@@H](Cc1ccccc1)NC(=O)OC(C)(C)C. The highest BCUT2D eigenvalue weighted by Crippen LogP contribution is 2.26. The van der Waals surface area contributed by atoms with Crippen molar-refractivity contribution < 1.29 is 43.0 Å². The third-order valence-electron chi connectivity index (χ3n) is 8.84. The van der Waals surface area contributed by atoms with Gasteiger partial charge in [0.2, 0.25) is 17.7 Å². The molecule has 0 aliphatic carbocycles. The maximum Gasteiger partial charge on any atom is 0.408 e. The van der Waals surface area contributed by atoms with Gasteiger partial charge in [-0.2, -0.15) is 0 Å². The summed E-state index contributed by atoms with van der Waals surface area (Å²) in [4.78, 5) is 82.0. The Morgan fingerprint density at radius 3 is 1.96 bits per heavy atom. The highest BCUT2D eigenvalue weighted by atomic mass is 16.6. The van der Waals surface area contributed by atoms with E-state index in [4.69, 9.17) is 14.2 Å². The van der Waals surface area contributed by atoms with Gasteiger partial charge in [0.25, 0.3) is 0 Å². The van der Waals surface area contributed by atoms with E-state index in [-0.39, 0.29) is 38.1 Å². The molecule has 0 aromatic heterocycles. The number of benzene rings is 2. The van der Waals surface area contributed by atoms with Gasteiger partial charge in [-0.1, -0.05) is 68.4 Å². The van der Waals surface area contributed by atoms with Crippen LogP contribution in [0.25, 0.3) is 0 Å². The molecule has 0 fully saturated rings. The fraction of sp³-hybridized carbons (Fsp3) is 0.571. The van der Waals surface area contributed by atoms with E-state index in [1.807, 2.05) is 68.4 Å². The fourth-order valence-corrected chi connectivity index (χ4v) is 6.30. The molecule has 0 spiro atoms. The maximum atomic E-state index is 14.5. The molecule has 3 rings (SSSR count). The van der Waals surface area contributed by atoms with Crippen LogP contribution in [0.4, 0.5) is 9.59 Å². The highest BCUT2D eigenvalue weighted by molar-refractivity contribution is 5.95. The molecule has 4 atom stereocenters. The molecule has 14 heteroatoms. The molecule has 5 amide bonds. The van der Waals surface area contributed by atoms with Gasteiger partial charge in [0.05, 0.1) is 7.11 Å². The van der Waals surface area contributed by atoms with Gasteiger partial charge in [-0.15, -0.1) is 0 Å². The predicted molar refractivity (Wildman–Crippen MR) is 211 cm³/mol. The summed E-state index contributed by atoms with van der Waals surface area (Å²) in [6.07, 6.45) is 0.471. The van der Waals surface area contributed by atoms with Crippen molar-refractivity contribution in [3.8, 4) is 0 Å². The number of alkyl carbamates (subject to hydrolysis) is 2. The third-order valence-corrected chi connectivity index (χ3v) is 8.84. The summed E-state index contributed by atoms with van der Waals surface area (Å²) in [6, 6.07) is 12.6. The summed E-state index contributed by atoms with van der Waals surface area (Å²) in [7, 11) is 1.23. The second kappa shape index (κ2) is 20.7. The zero-order valence-electron chi connectivity index (χ0n) is 34.4. The molecule has 1 aliphatic rings. The van der Waals surface area contributed by atoms with Crippen molar-refractivity contribution in [2.45, 2.75) is 136 Å². The minimum Gasteiger partial charge on any atom is -0.467 e. The Morgan fingerprint density at radius 2 is 1.36 bits per heavy atom. The summed E-state index contributed by atoms with van der Waals surface area (Å²) < 4.78 is 15.7. The minimum absolute atomic E-state index is 0.0281. The zero-order valence-corrected chi connectivity index (χ0v) is 34.4. The molecule has 14 nitrogen and oxygen atoms in total. The van der Waals surface area contributed by atoms with E-state index in [0.29, 0.717) is 19.4 Å². The standard InChI is InChI=1S/C42H61N5O9/c1-27(2)23-32(35(48)44-31(38(51)54-9)21-15-16-22-43-39(52)55-41(3,4)5)45-36(49)34-25-29-19-13-14-20-30(29)26-47(34)37(50)33(24-28-17-11-10-12-18-28)46-40(53)56-42(6,7)8/h10-14,17-20,27,31-34H,15-16,21-26H2,1-9H3,(H,43,52)(H,44,48)(H,45,49)(H,46,53)/t31-,32+,33-,34+/m1/s1. The average Bonchev–Trinajstić information content (AvgIpc) is 3.11. The number of rotatable bonds is 16.